The zero-order valence-electron chi connectivity index (χ0n) is 11.1. The molecule has 0 aliphatic rings. The van der Waals surface area contributed by atoms with Crippen molar-refractivity contribution in [1.29, 1.82) is 0 Å². The van der Waals surface area contributed by atoms with E-state index in [0.29, 0.717) is 17.1 Å². The zero-order valence-corrected chi connectivity index (χ0v) is 14.2. The Morgan fingerprint density at radius 2 is 2.10 bits per heavy atom. The van der Waals surface area contributed by atoms with Crippen LogP contribution in [0, 0.1) is 6.92 Å². The molecule has 0 aliphatic heterocycles. The van der Waals surface area contributed by atoms with Gasteiger partial charge in [0.05, 0.1) is 11.0 Å². The van der Waals surface area contributed by atoms with Crippen LogP contribution in [0.5, 0.6) is 0 Å². The van der Waals surface area contributed by atoms with Crippen LogP contribution in [0.2, 0.25) is 0 Å². The summed E-state index contributed by atoms with van der Waals surface area (Å²) in [6, 6.07) is 7.86. The number of aromatic nitrogens is 2. The van der Waals surface area contributed by atoms with Crippen LogP contribution in [0.4, 0.5) is 5.69 Å². The fraction of sp³-hybridized carbons (Fsp3) is 0.143. The van der Waals surface area contributed by atoms with Crippen LogP contribution in [-0.4, -0.2) is 10.2 Å². The van der Waals surface area contributed by atoms with Crippen molar-refractivity contribution in [1.82, 2.24) is 10.2 Å². The van der Waals surface area contributed by atoms with Crippen molar-refractivity contribution in [3.8, 4) is 11.5 Å². The summed E-state index contributed by atoms with van der Waals surface area (Å²) in [6.45, 7) is 2.63. The Bertz CT molecular complexity index is 734. The third-order valence-corrected chi connectivity index (χ3v) is 4.69. The molecule has 2 aromatic heterocycles. The molecule has 3 rings (SSSR count). The van der Waals surface area contributed by atoms with Crippen molar-refractivity contribution in [3.05, 3.63) is 51.1 Å². The lowest BCUT2D eigenvalue weighted by atomic mass is 10.1. The van der Waals surface area contributed by atoms with Crippen LogP contribution in [0.3, 0.4) is 0 Å². The van der Waals surface area contributed by atoms with Crippen LogP contribution in [0.1, 0.15) is 11.3 Å². The summed E-state index contributed by atoms with van der Waals surface area (Å²) in [5.41, 5.74) is 3.02. The quantitative estimate of drug-likeness (QED) is 0.668. The van der Waals surface area contributed by atoms with Gasteiger partial charge in [-0.05, 0) is 68.6 Å². The second kappa shape index (κ2) is 6.03. The maximum Gasteiger partial charge on any atom is 0.247 e. The minimum atomic E-state index is 0.517. The second-order valence-corrected chi connectivity index (χ2v) is 6.04. The van der Waals surface area contributed by atoms with Crippen molar-refractivity contribution in [3.63, 3.8) is 0 Å². The van der Waals surface area contributed by atoms with E-state index in [2.05, 4.69) is 47.4 Å². The molecule has 108 valence electrons. The van der Waals surface area contributed by atoms with Gasteiger partial charge < -0.3 is 14.2 Å². The van der Waals surface area contributed by atoms with Crippen molar-refractivity contribution in [2.45, 2.75) is 13.5 Å². The Morgan fingerprint density at radius 3 is 2.71 bits per heavy atom. The molecule has 0 amide bonds. The fourth-order valence-corrected chi connectivity index (χ4v) is 2.61. The summed E-state index contributed by atoms with van der Waals surface area (Å²) in [5.74, 6) is 1.36. The van der Waals surface area contributed by atoms with Gasteiger partial charge in [-0.2, -0.15) is 0 Å². The van der Waals surface area contributed by atoms with Gasteiger partial charge in [0.25, 0.3) is 0 Å². The molecule has 0 radical (unpaired) electrons. The Hall–Kier alpha value is -1.60. The summed E-state index contributed by atoms with van der Waals surface area (Å²) in [4.78, 5) is 0. The fourth-order valence-electron chi connectivity index (χ4n) is 1.95. The lowest BCUT2D eigenvalue weighted by Crippen LogP contribution is -2.00. The minimum absolute atomic E-state index is 0.517. The highest BCUT2D eigenvalue weighted by molar-refractivity contribution is 9.13. The molecular weight excluding hydrogens is 402 g/mol. The molecule has 7 heteroatoms. The van der Waals surface area contributed by atoms with Gasteiger partial charge >= 0.3 is 0 Å². The number of rotatable bonds is 4. The first-order chi connectivity index (χ1) is 10.1. The van der Waals surface area contributed by atoms with Crippen molar-refractivity contribution in [2.24, 2.45) is 0 Å². The van der Waals surface area contributed by atoms with Crippen LogP contribution in [0.15, 0.2) is 48.6 Å². The lowest BCUT2D eigenvalue weighted by molar-refractivity contribution is 0.494. The molecule has 0 atom stereocenters. The Kier molecular flexibility index (Phi) is 4.12. The SMILES string of the molecule is Cc1cc(-c2nnco2)ccc1NCc1cc(Br)c(Br)o1. The van der Waals surface area contributed by atoms with Gasteiger partial charge in [-0.25, -0.2) is 0 Å². The molecule has 21 heavy (non-hydrogen) atoms. The van der Waals surface area contributed by atoms with Gasteiger partial charge in [0.15, 0.2) is 4.67 Å². The zero-order chi connectivity index (χ0) is 14.8. The summed E-state index contributed by atoms with van der Waals surface area (Å²) >= 11 is 6.72. The molecule has 3 aromatic rings. The number of furan rings is 1. The smallest absolute Gasteiger partial charge is 0.247 e. The van der Waals surface area contributed by atoms with E-state index in [4.69, 9.17) is 8.83 Å². The van der Waals surface area contributed by atoms with E-state index in [-0.39, 0.29) is 0 Å². The molecule has 0 saturated carbocycles. The van der Waals surface area contributed by atoms with E-state index < -0.39 is 0 Å². The second-order valence-electron chi connectivity index (χ2n) is 4.46. The monoisotopic (exact) mass is 411 g/mol. The average molecular weight is 413 g/mol. The van der Waals surface area contributed by atoms with Gasteiger partial charge in [0.2, 0.25) is 12.3 Å². The van der Waals surface area contributed by atoms with Crippen molar-refractivity contribution < 1.29 is 8.83 Å². The number of anilines is 1. The Morgan fingerprint density at radius 1 is 1.24 bits per heavy atom. The number of hydrogen-bond acceptors (Lipinski definition) is 5. The first-order valence-electron chi connectivity index (χ1n) is 6.18. The maximum atomic E-state index is 5.53. The minimum Gasteiger partial charge on any atom is -0.451 e. The molecule has 2 heterocycles. The summed E-state index contributed by atoms with van der Waals surface area (Å²) in [7, 11) is 0. The summed E-state index contributed by atoms with van der Waals surface area (Å²) < 4.78 is 12.3. The number of nitrogens with one attached hydrogen (secondary N) is 1. The van der Waals surface area contributed by atoms with Gasteiger partial charge in [0, 0.05) is 11.3 Å². The summed E-state index contributed by atoms with van der Waals surface area (Å²) in [5, 5.41) is 10.9. The van der Waals surface area contributed by atoms with E-state index in [1.807, 2.05) is 31.2 Å². The van der Waals surface area contributed by atoms with E-state index in [1.165, 1.54) is 6.39 Å². The van der Waals surface area contributed by atoms with E-state index >= 15 is 0 Å². The number of nitrogens with zero attached hydrogens (tertiary/aromatic N) is 2. The van der Waals surface area contributed by atoms with Crippen LogP contribution in [0.25, 0.3) is 11.5 Å². The third-order valence-electron chi connectivity index (χ3n) is 2.98. The first-order valence-corrected chi connectivity index (χ1v) is 7.77. The Labute approximate surface area is 138 Å². The van der Waals surface area contributed by atoms with Crippen molar-refractivity contribution >= 4 is 37.5 Å². The van der Waals surface area contributed by atoms with Crippen LogP contribution in [-0.2, 0) is 6.54 Å². The number of aryl methyl sites for hydroxylation is 1. The average Bonchev–Trinajstić information content (AvgIpc) is 3.08. The molecule has 5 nitrogen and oxygen atoms in total. The number of hydrogen-bond donors (Lipinski definition) is 1. The van der Waals surface area contributed by atoms with Crippen LogP contribution < -0.4 is 5.32 Å². The predicted molar refractivity (Wildman–Crippen MR) is 85.9 cm³/mol. The van der Waals surface area contributed by atoms with Gasteiger partial charge in [0.1, 0.15) is 5.76 Å². The molecular formula is C14H11Br2N3O2. The van der Waals surface area contributed by atoms with E-state index in [1.54, 1.807) is 0 Å². The van der Waals surface area contributed by atoms with Crippen molar-refractivity contribution in [2.75, 3.05) is 5.32 Å². The number of halogens is 2. The largest absolute Gasteiger partial charge is 0.451 e. The summed E-state index contributed by atoms with van der Waals surface area (Å²) in [6.07, 6.45) is 1.32. The van der Waals surface area contributed by atoms with Gasteiger partial charge in [-0.1, -0.05) is 0 Å². The highest BCUT2D eigenvalue weighted by Gasteiger charge is 2.08. The van der Waals surface area contributed by atoms with Gasteiger partial charge in [-0.15, -0.1) is 10.2 Å². The molecule has 0 unspecified atom stereocenters. The lowest BCUT2D eigenvalue weighted by Gasteiger charge is -2.09. The molecule has 0 spiro atoms. The van der Waals surface area contributed by atoms with Crippen LogP contribution >= 0.6 is 31.9 Å². The normalized spacial score (nSPS) is 10.8. The molecule has 0 bridgehead atoms. The van der Waals surface area contributed by atoms with E-state index in [9.17, 15) is 0 Å². The molecule has 0 aliphatic carbocycles. The number of benzene rings is 1. The van der Waals surface area contributed by atoms with Gasteiger partial charge in [-0.3, -0.25) is 0 Å². The molecule has 0 fully saturated rings. The highest BCUT2D eigenvalue weighted by atomic mass is 79.9. The topological polar surface area (TPSA) is 64.1 Å². The first kappa shape index (κ1) is 14.3. The predicted octanol–water partition coefficient (Wildman–Crippen LogP) is 4.78. The molecule has 0 saturated heterocycles. The molecule has 1 N–H and O–H groups in total. The Balaban J connectivity index is 1.74. The highest BCUT2D eigenvalue weighted by Crippen LogP contribution is 2.28. The van der Waals surface area contributed by atoms with E-state index in [0.717, 1.165) is 27.0 Å². The maximum absolute atomic E-state index is 5.53. The third kappa shape index (κ3) is 3.19. The molecule has 1 aromatic carbocycles. The standard InChI is InChI=1S/C14H11Br2N3O2/c1-8-4-9(14-19-18-7-20-14)2-3-12(8)17-6-10-5-11(15)13(16)21-10/h2-5,7,17H,6H2,1H3.